The molecule has 0 radical (unpaired) electrons. The molecule has 0 aromatic heterocycles. The highest BCUT2D eigenvalue weighted by atomic mass is 16.6. The maximum Gasteiger partial charge on any atom is 0.632 e. The molecule has 3 aromatic carbocycles. The Morgan fingerprint density at radius 2 is 1.26 bits per heavy atom. The fourth-order valence-electron chi connectivity index (χ4n) is 2.47. The van der Waals surface area contributed by atoms with Crippen molar-refractivity contribution in [2.24, 2.45) is 0 Å². The van der Waals surface area contributed by atoms with Crippen LogP contribution in [0.4, 0.5) is 0 Å². The molecule has 1 aliphatic rings. The first kappa shape index (κ1) is 10.5. The van der Waals surface area contributed by atoms with Crippen molar-refractivity contribution >= 4 is 23.4 Å². The van der Waals surface area contributed by atoms with Crippen molar-refractivity contribution in [1.29, 1.82) is 0 Å². The van der Waals surface area contributed by atoms with Gasteiger partial charge in [0.05, 0.1) is 5.39 Å². The first-order valence-corrected chi connectivity index (χ1v) is 6.32. The van der Waals surface area contributed by atoms with Crippen LogP contribution in [-0.4, -0.2) is 7.12 Å². The molecule has 0 N–H and O–H groups in total. The van der Waals surface area contributed by atoms with E-state index < -0.39 is 0 Å². The Morgan fingerprint density at radius 3 is 1.89 bits per heavy atom. The zero-order valence-corrected chi connectivity index (χ0v) is 10.2. The second-order valence-electron chi connectivity index (χ2n) is 4.59. The SMILES string of the molecule is c1ccc(B2Oc3cccc4cccc(c34)O2)cc1. The lowest BCUT2D eigenvalue weighted by molar-refractivity contribution is 0.428. The summed E-state index contributed by atoms with van der Waals surface area (Å²) in [5.41, 5.74) is 1.02. The third-order valence-corrected chi connectivity index (χ3v) is 3.37. The Hall–Kier alpha value is -2.42. The molecule has 2 nitrogen and oxygen atoms in total. The summed E-state index contributed by atoms with van der Waals surface area (Å²) in [6, 6.07) is 22.1. The van der Waals surface area contributed by atoms with Gasteiger partial charge in [0.1, 0.15) is 11.5 Å². The molecular formula is C16H11BO2. The first-order valence-electron chi connectivity index (χ1n) is 6.32. The minimum Gasteiger partial charge on any atom is -0.521 e. The lowest BCUT2D eigenvalue weighted by atomic mass is 9.77. The van der Waals surface area contributed by atoms with Crippen molar-refractivity contribution in [3.63, 3.8) is 0 Å². The molecule has 19 heavy (non-hydrogen) atoms. The van der Waals surface area contributed by atoms with Crippen molar-refractivity contribution in [2.75, 3.05) is 0 Å². The number of benzene rings is 3. The molecule has 0 amide bonds. The van der Waals surface area contributed by atoms with Gasteiger partial charge in [-0.2, -0.15) is 0 Å². The molecule has 1 heterocycles. The van der Waals surface area contributed by atoms with Crippen LogP contribution in [0.3, 0.4) is 0 Å². The summed E-state index contributed by atoms with van der Waals surface area (Å²) in [7, 11) is -0.373. The third-order valence-electron chi connectivity index (χ3n) is 3.37. The minimum absolute atomic E-state index is 0.373. The minimum atomic E-state index is -0.373. The van der Waals surface area contributed by atoms with Crippen LogP contribution in [0, 0.1) is 0 Å². The van der Waals surface area contributed by atoms with E-state index in [2.05, 4.69) is 12.1 Å². The van der Waals surface area contributed by atoms with Crippen LogP contribution in [0.5, 0.6) is 11.5 Å². The van der Waals surface area contributed by atoms with Gasteiger partial charge in [-0.05, 0) is 17.5 Å². The summed E-state index contributed by atoms with van der Waals surface area (Å²) in [6.45, 7) is 0. The molecule has 0 unspecified atom stereocenters. The molecule has 0 saturated carbocycles. The van der Waals surface area contributed by atoms with Gasteiger partial charge in [-0.25, -0.2) is 0 Å². The topological polar surface area (TPSA) is 18.5 Å². The van der Waals surface area contributed by atoms with E-state index >= 15 is 0 Å². The summed E-state index contributed by atoms with van der Waals surface area (Å²) in [5, 5.41) is 2.19. The fraction of sp³-hybridized carbons (Fsp3) is 0. The van der Waals surface area contributed by atoms with Gasteiger partial charge in [-0.15, -0.1) is 0 Å². The third kappa shape index (κ3) is 1.66. The second kappa shape index (κ2) is 4.06. The van der Waals surface area contributed by atoms with Crippen LogP contribution in [0.1, 0.15) is 0 Å². The smallest absolute Gasteiger partial charge is 0.521 e. The lowest BCUT2D eigenvalue weighted by Gasteiger charge is -2.24. The molecular weight excluding hydrogens is 235 g/mol. The van der Waals surface area contributed by atoms with Gasteiger partial charge in [0.15, 0.2) is 0 Å². The highest BCUT2D eigenvalue weighted by molar-refractivity contribution is 6.63. The molecule has 3 aromatic rings. The van der Waals surface area contributed by atoms with E-state index in [1.807, 2.05) is 54.6 Å². The molecule has 0 atom stereocenters. The predicted molar refractivity (Wildman–Crippen MR) is 77.0 cm³/mol. The molecule has 0 aliphatic carbocycles. The van der Waals surface area contributed by atoms with Crippen LogP contribution < -0.4 is 14.8 Å². The summed E-state index contributed by atoms with van der Waals surface area (Å²) in [6.07, 6.45) is 0. The van der Waals surface area contributed by atoms with E-state index in [9.17, 15) is 0 Å². The van der Waals surface area contributed by atoms with Gasteiger partial charge in [0.2, 0.25) is 0 Å². The standard InChI is InChI=1S/C16H11BO2/c1-2-8-13(9-3-1)17-18-14-10-4-6-12-7-5-11-15(19-17)16(12)14/h1-11H. The first-order chi connectivity index (χ1) is 9.42. The molecule has 1 aliphatic heterocycles. The highest BCUT2D eigenvalue weighted by Gasteiger charge is 2.31. The monoisotopic (exact) mass is 246 g/mol. The van der Waals surface area contributed by atoms with Gasteiger partial charge in [-0.3, -0.25) is 0 Å². The summed E-state index contributed by atoms with van der Waals surface area (Å²) in [4.78, 5) is 0. The fourth-order valence-corrected chi connectivity index (χ4v) is 2.47. The molecule has 0 saturated heterocycles. The van der Waals surface area contributed by atoms with Gasteiger partial charge >= 0.3 is 7.12 Å². The van der Waals surface area contributed by atoms with E-state index in [1.165, 1.54) is 0 Å². The van der Waals surface area contributed by atoms with E-state index in [4.69, 9.17) is 9.31 Å². The average molecular weight is 246 g/mol. The van der Waals surface area contributed by atoms with Gasteiger partial charge < -0.3 is 9.31 Å². The number of hydrogen-bond acceptors (Lipinski definition) is 2. The molecule has 3 heteroatoms. The number of rotatable bonds is 1. The predicted octanol–water partition coefficient (Wildman–Crippen LogP) is 3.01. The molecule has 0 spiro atoms. The van der Waals surface area contributed by atoms with Crippen LogP contribution >= 0.6 is 0 Å². The van der Waals surface area contributed by atoms with Crippen molar-refractivity contribution in [1.82, 2.24) is 0 Å². The van der Waals surface area contributed by atoms with E-state index in [1.54, 1.807) is 0 Å². The van der Waals surface area contributed by atoms with Gasteiger partial charge in [0.25, 0.3) is 0 Å². The Balaban J connectivity index is 1.85. The van der Waals surface area contributed by atoms with E-state index in [0.717, 1.165) is 27.7 Å². The normalized spacial score (nSPS) is 12.9. The zero-order valence-electron chi connectivity index (χ0n) is 10.2. The largest absolute Gasteiger partial charge is 0.632 e. The summed E-state index contributed by atoms with van der Waals surface area (Å²) < 4.78 is 11.9. The highest BCUT2D eigenvalue weighted by Crippen LogP contribution is 2.37. The lowest BCUT2D eigenvalue weighted by Crippen LogP contribution is -2.44. The summed E-state index contributed by atoms with van der Waals surface area (Å²) in [5.74, 6) is 1.77. The Bertz CT molecular complexity index is 699. The Morgan fingerprint density at radius 1 is 0.632 bits per heavy atom. The maximum atomic E-state index is 5.97. The Labute approximate surface area is 111 Å². The van der Waals surface area contributed by atoms with Crippen LogP contribution in [-0.2, 0) is 0 Å². The van der Waals surface area contributed by atoms with Gasteiger partial charge in [-0.1, -0.05) is 54.6 Å². The van der Waals surface area contributed by atoms with E-state index in [0.29, 0.717) is 0 Å². The molecule has 4 rings (SSSR count). The number of hydrogen-bond donors (Lipinski definition) is 0. The van der Waals surface area contributed by atoms with Crippen molar-refractivity contribution in [3.8, 4) is 11.5 Å². The van der Waals surface area contributed by atoms with Crippen LogP contribution in [0.25, 0.3) is 10.8 Å². The molecule has 90 valence electrons. The summed E-state index contributed by atoms with van der Waals surface area (Å²) >= 11 is 0. The second-order valence-corrected chi connectivity index (χ2v) is 4.59. The van der Waals surface area contributed by atoms with Gasteiger partial charge in [0, 0.05) is 5.46 Å². The maximum absolute atomic E-state index is 5.97. The van der Waals surface area contributed by atoms with Crippen LogP contribution in [0.2, 0.25) is 0 Å². The van der Waals surface area contributed by atoms with Crippen molar-refractivity contribution < 1.29 is 9.31 Å². The quantitative estimate of drug-likeness (QED) is 0.614. The zero-order chi connectivity index (χ0) is 12.7. The molecule has 0 bridgehead atoms. The van der Waals surface area contributed by atoms with E-state index in [-0.39, 0.29) is 7.12 Å². The van der Waals surface area contributed by atoms with Crippen molar-refractivity contribution in [3.05, 3.63) is 66.7 Å². The van der Waals surface area contributed by atoms with Crippen LogP contribution in [0.15, 0.2) is 66.7 Å². The molecule has 0 fully saturated rings. The van der Waals surface area contributed by atoms with Crippen molar-refractivity contribution in [2.45, 2.75) is 0 Å². The average Bonchev–Trinajstić information content (AvgIpc) is 2.49. The Kier molecular flexibility index (Phi) is 2.24.